The number of amides is 8. The summed E-state index contributed by atoms with van der Waals surface area (Å²) in [4.78, 5) is 104. The normalized spacial score (nSPS) is 17.4. The van der Waals surface area contributed by atoms with Crippen LogP contribution >= 0.6 is 0 Å². The summed E-state index contributed by atoms with van der Waals surface area (Å²) in [7, 11) is 0. The minimum absolute atomic E-state index is 0.0130. The molecule has 1 fully saturated rings. The fourth-order valence-corrected chi connectivity index (χ4v) is 5.99. The summed E-state index contributed by atoms with van der Waals surface area (Å²) in [6.45, 7) is 6.90. The number of phenolic OH excluding ortho intramolecular Hbond substituents is 1. The smallest absolute Gasteiger partial charge is 0.248 e. The first-order chi connectivity index (χ1) is 26.4. The molecule has 0 unspecified atom stereocenters. The van der Waals surface area contributed by atoms with E-state index in [1.807, 2.05) is 0 Å². The zero-order valence-electron chi connectivity index (χ0n) is 32.0. The topological polar surface area (TPSA) is 278 Å². The number of carbonyl (C=O) groups is 8. The van der Waals surface area contributed by atoms with Crippen LogP contribution in [-0.2, 0) is 51.2 Å². The van der Waals surface area contributed by atoms with E-state index >= 15 is 0 Å². The Morgan fingerprint density at radius 3 is 1.75 bits per heavy atom. The average molecular weight is 781 g/mol. The third kappa shape index (κ3) is 13.1. The second-order valence-electron chi connectivity index (χ2n) is 13.9. The van der Waals surface area contributed by atoms with Crippen LogP contribution in [0.15, 0.2) is 54.6 Å². The molecule has 0 radical (unpaired) electrons. The third-order valence-corrected chi connectivity index (χ3v) is 9.15. The van der Waals surface area contributed by atoms with Gasteiger partial charge in [-0.2, -0.15) is 0 Å². The lowest BCUT2D eigenvalue weighted by atomic mass is 10.0. The molecule has 304 valence electrons. The Labute approximate surface area is 324 Å². The van der Waals surface area contributed by atoms with Crippen molar-refractivity contribution in [1.29, 1.82) is 0 Å². The third-order valence-electron chi connectivity index (χ3n) is 9.15. The van der Waals surface area contributed by atoms with Gasteiger partial charge in [0.15, 0.2) is 0 Å². The summed E-state index contributed by atoms with van der Waals surface area (Å²) in [5, 5.41) is 34.7. The zero-order chi connectivity index (χ0) is 41.7. The van der Waals surface area contributed by atoms with E-state index in [9.17, 15) is 48.6 Å². The first kappa shape index (κ1) is 44.4. The maximum Gasteiger partial charge on any atom is 0.248 e. The molecule has 0 aromatic heterocycles. The molecule has 8 amide bonds. The number of rotatable bonds is 18. The highest BCUT2D eigenvalue weighted by molar-refractivity contribution is 5.97. The molecule has 0 saturated carbocycles. The monoisotopic (exact) mass is 780 g/mol. The van der Waals surface area contributed by atoms with Gasteiger partial charge in [-0.15, -0.1) is 0 Å². The number of carbonyl (C=O) groups excluding carboxylic acids is 8. The Morgan fingerprint density at radius 2 is 1.20 bits per heavy atom. The summed E-state index contributed by atoms with van der Waals surface area (Å²) in [5.74, 6) is -5.53. The molecular formula is C38H52N8O10. The molecular weight excluding hydrogens is 728 g/mol. The van der Waals surface area contributed by atoms with Crippen LogP contribution in [-0.4, -0.2) is 117 Å². The Morgan fingerprint density at radius 1 is 0.696 bits per heavy atom. The Kier molecular flexibility index (Phi) is 16.3. The van der Waals surface area contributed by atoms with Gasteiger partial charge in [0.05, 0.1) is 6.10 Å². The lowest BCUT2D eigenvalue weighted by Gasteiger charge is -2.30. The number of aliphatic hydroxyl groups is 1. The molecule has 10 N–H and O–H groups in total. The average Bonchev–Trinajstić information content (AvgIpc) is 3.64. The predicted octanol–water partition coefficient (Wildman–Crippen LogP) is -1.98. The molecule has 0 spiro atoms. The van der Waals surface area contributed by atoms with Crippen LogP contribution < -0.4 is 37.6 Å². The highest BCUT2D eigenvalue weighted by Crippen LogP contribution is 2.20. The molecule has 8 atom stereocenters. The van der Waals surface area contributed by atoms with E-state index in [2.05, 4.69) is 31.9 Å². The highest BCUT2D eigenvalue weighted by Gasteiger charge is 2.40. The fraction of sp³-hybridized carbons (Fsp3) is 0.474. The van der Waals surface area contributed by atoms with Crippen molar-refractivity contribution >= 4 is 47.3 Å². The van der Waals surface area contributed by atoms with Crippen LogP contribution in [0.3, 0.4) is 0 Å². The highest BCUT2D eigenvalue weighted by atomic mass is 16.3. The summed E-state index contributed by atoms with van der Waals surface area (Å²) >= 11 is 0. The van der Waals surface area contributed by atoms with Gasteiger partial charge in [0.25, 0.3) is 0 Å². The lowest BCUT2D eigenvalue weighted by molar-refractivity contribution is -0.144. The maximum absolute atomic E-state index is 13.5. The molecule has 1 aliphatic rings. The van der Waals surface area contributed by atoms with Crippen molar-refractivity contribution in [2.75, 3.05) is 6.54 Å². The van der Waals surface area contributed by atoms with Gasteiger partial charge in [-0.05, 0) is 63.8 Å². The van der Waals surface area contributed by atoms with Crippen LogP contribution in [0.1, 0.15) is 58.6 Å². The Bertz CT molecular complexity index is 1740. The number of hydrogen-bond acceptors (Lipinski definition) is 10. The van der Waals surface area contributed by atoms with E-state index in [-0.39, 0.29) is 31.6 Å². The van der Waals surface area contributed by atoms with E-state index in [1.54, 1.807) is 42.5 Å². The molecule has 2 aromatic rings. The van der Waals surface area contributed by atoms with E-state index < -0.39 is 95.7 Å². The van der Waals surface area contributed by atoms with E-state index in [0.717, 1.165) is 0 Å². The number of aliphatic hydroxyl groups excluding tert-OH is 1. The number of nitrogens with one attached hydrogen (secondary N) is 6. The minimum Gasteiger partial charge on any atom is -0.508 e. The van der Waals surface area contributed by atoms with Crippen LogP contribution in [0.25, 0.3) is 0 Å². The molecule has 0 bridgehead atoms. The van der Waals surface area contributed by atoms with Gasteiger partial charge in [0.2, 0.25) is 47.3 Å². The van der Waals surface area contributed by atoms with Crippen molar-refractivity contribution in [2.24, 2.45) is 5.73 Å². The number of primary amides is 1. The van der Waals surface area contributed by atoms with Crippen molar-refractivity contribution in [3.8, 4) is 5.75 Å². The van der Waals surface area contributed by atoms with Gasteiger partial charge in [-0.25, -0.2) is 0 Å². The summed E-state index contributed by atoms with van der Waals surface area (Å²) < 4.78 is 0. The maximum atomic E-state index is 13.5. The van der Waals surface area contributed by atoms with Crippen LogP contribution in [0.5, 0.6) is 5.75 Å². The molecule has 18 heteroatoms. The van der Waals surface area contributed by atoms with Crippen molar-refractivity contribution in [2.45, 2.75) is 109 Å². The largest absolute Gasteiger partial charge is 0.508 e. The molecule has 18 nitrogen and oxygen atoms in total. The van der Waals surface area contributed by atoms with Crippen molar-refractivity contribution in [3.05, 3.63) is 65.7 Å². The van der Waals surface area contributed by atoms with Gasteiger partial charge in [0.1, 0.15) is 48.0 Å². The fourth-order valence-electron chi connectivity index (χ4n) is 5.99. The lowest BCUT2D eigenvalue weighted by Crippen LogP contribution is -2.59. The van der Waals surface area contributed by atoms with Gasteiger partial charge >= 0.3 is 0 Å². The first-order valence-electron chi connectivity index (χ1n) is 18.3. The van der Waals surface area contributed by atoms with E-state index in [4.69, 9.17) is 5.73 Å². The van der Waals surface area contributed by atoms with Crippen molar-refractivity contribution in [3.63, 3.8) is 0 Å². The van der Waals surface area contributed by atoms with E-state index in [1.165, 1.54) is 51.7 Å². The summed E-state index contributed by atoms with van der Waals surface area (Å²) in [6.07, 6.45) is -0.417. The Hall–Kier alpha value is -6.04. The van der Waals surface area contributed by atoms with Crippen molar-refractivity contribution in [1.82, 2.24) is 36.8 Å². The number of hydrogen-bond donors (Lipinski definition) is 9. The second-order valence-corrected chi connectivity index (χ2v) is 13.9. The molecule has 0 aliphatic carbocycles. The van der Waals surface area contributed by atoms with Crippen molar-refractivity contribution < 1.29 is 48.6 Å². The van der Waals surface area contributed by atoms with Crippen LogP contribution in [0, 0.1) is 0 Å². The van der Waals surface area contributed by atoms with Gasteiger partial charge in [-0.1, -0.05) is 42.5 Å². The number of nitrogens with zero attached hydrogens (tertiary/aromatic N) is 1. The minimum atomic E-state index is -1.26. The Balaban J connectivity index is 1.62. The number of nitrogens with two attached hydrogens (primary N) is 1. The quantitative estimate of drug-likeness (QED) is 0.0804. The molecule has 1 aliphatic heterocycles. The predicted molar refractivity (Wildman–Crippen MR) is 202 cm³/mol. The number of phenols is 1. The van der Waals surface area contributed by atoms with Crippen LogP contribution in [0.2, 0.25) is 0 Å². The second kappa shape index (κ2) is 20.6. The molecule has 3 rings (SSSR count). The summed E-state index contributed by atoms with van der Waals surface area (Å²) in [6, 6.07) is 6.65. The van der Waals surface area contributed by atoms with Gasteiger partial charge in [0, 0.05) is 26.3 Å². The van der Waals surface area contributed by atoms with Gasteiger partial charge in [-0.3, -0.25) is 38.4 Å². The molecule has 56 heavy (non-hydrogen) atoms. The first-order valence-corrected chi connectivity index (χ1v) is 18.3. The van der Waals surface area contributed by atoms with Crippen LogP contribution in [0.4, 0.5) is 0 Å². The standard InChI is InChI=1S/C38H52N8O10/c1-20(42-37(55)30-12-9-17-46(30)38(56)31(23(4)47)43-24(5)48)33(51)40-21(2)35(53)45-29(19-25-10-7-6-8-11-25)36(54)41-22(3)34(52)44-28(32(39)50)18-26-13-15-27(49)16-14-26/h6-8,10-11,13-16,20-23,28-31,47,49H,9,12,17-19H2,1-5H3,(H2,39,50)(H,40,51)(H,41,54)(H,42,55)(H,43,48)(H,44,52)(H,45,53)/t20-,21-,22-,23+,28-,29-,30-,31-/m0/s1. The number of likely N-dealkylation sites (tertiary alicyclic amines) is 1. The summed E-state index contributed by atoms with van der Waals surface area (Å²) in [5.41, 5.74) is 6.81. The van der Waals surface area contributed by atoms with Gasteiger partial charge < -0.3 is 52.7 Å². The van der Waals surface area contributed by atoms with E-state index in [0.29, 0.717) is 17.5 Å². The molecule has 1 saturated heterocycles. The zero-order valence-corrected chi connectivity index (χ0v) is 32.0. The number of benzene rings is 2. The SMILES string of the molecule is CC(=O)N[C@H](C(=O)N1CCC[C@H]1C(=O)N[C@@H](C)C(=O)N[C@@H](C)C(=O)N[C@@H](Cc1ccccc1)C(=O)N[C@@H](C)C(=O)N[C@@H](Cc1ccc(O)cc1)C(N)=O)[C@@H](C)O. The molecule has 1 heterocycles. The number of aromatic hydroxyl groups is 1. The molecule has 2 aromatic carbocycles.